The summed E-state index contributed by atoms with van der Waals surface area (Å²) in [6, 6.07) is 13.5. The van der Waals surface area contributed by atoms with Gasteiger partial charge >= 0.3 is 0 Å². The number of pyridine rings is 1. The van der Waals surface area contributed by atoms with Crippen LogP contribution in [0, 0.1) is 0 Å². The molecule has 5 heteroatoms. The summed E-state index contributed by atoms with van der Waals surface area (Å²) >= 11 is 1.69. The van der Waals surface area contributed by atoms with Gasteiger partial charge in [-0.3, -0.25) is 9.78 Å². The molecule has 0 bridgehead atoms. The van der Waals surface area contributed by atoms with Crippen molar-refractivity contribution in [1.82, 2.24) is 10.3 Å². The van der Waals surface area contributed by atoms with E-state index in [0.717, 1.165) is 16.2 Å². The van der Waals surface area contributed by atoms with Crippen molar-refractivity contribution in [3.63, 3.8) is 0 Å². The second-order valence-corrected chi connectivity index (χ2v) is 5.84. The highest BCUT2D eigenvalue weighted by Crippen LogP contribution is 2.28. The average molecular weight is 301 g/mol. The van der Waals surface area contributed by atoms with Gasteiger partial charge in [0.05, 0.1) is 0 Å². The lowest BCUT2D eigenvalue weighted by Gasteiger charge is -2.30. The van der Waals surface area contributed by atoms with Gasteiger partial charge in [-0.2, -0.15) is 0 Å². The molecule has 0 saturated heterocycles. The monoisotopic (exact) mass is 301 g/mol. The van der Waals surface area contributed by atoms with Crippen molar-refractivity contribution in [3.8, 4) is 0 Å². The Balaban J connectivity index is 2.12. The van der Waals surface area contributed by atoms with E-state index in [0.29, 0.717) is 6.42 Å². The second kappa shape index (κ2) is 7.24. The van der Waals surface area contributed by atoms with Crippen LogP contribution in [0.3, 0.4) is 0 Å². The highest BCUT2D eigenvalue weighted by molar-refractivity contribution is 7.99. The first-order valence-electron chi connectivity index (χ1n) is 6.76. The van der Waals surface area contributed by atoms with Crippen molar-refractivity contribution in [2.45, 2.75) is 16.9 Å². The molecule has 0 spiro atoms. The van der Waals surface area contributed by atoms with Crippen molar-refractivity contribution < 1.29 is 4.79 Å². The summed E-state index contributed by atoms with van der Waals surface area (Å²) in [5, 5.41) is 3.12. The number of likely N-dealkylation sites (N-methyl/N-ethyl adjacent to an activating group) is 1. The molecule has 0 aliphatic carbocycles. The minimum absolute atomic E-state index is 0.355. The maximum absolute atomic E-state index is 12.0. The molecule has 3 N–H and O–H groups in total. The third-order valence-corrected chi connectivity index (χ3v) is 4.52. The van der Waals surface area contributed by atoms with E-state index in [4.69, 9.17) is 5.73 Å². The third-order valence-electron chi connectivity index (χ3n) is 3.51. The van der Waals surface area contributed by atoms with Crippen LogP contribution in [0.5, 0.6) is 0 Å². The van der Waals surface area contributed by atoms with Crippen molar-refractivity contribution in [3.05, 3.63) is 60.4 Å². The highest BCUT2D eigenvalue weighted by Gasteiger charge is 2.36. The first-order chi connectivity index (χ1) is 10.2. The van der Waals surface area contributed by atoms with Crippen LogP contribution in [0.15, 0.2) is 59.8 Å². The van der Waals surface area contributed by atoms with Crippen LogP contribution in [0.4, 0.5) is 0 Å². The summed E-state index contributed by atoms with van der Waals surface area (Å²) in [5.74, 6) is 0.425. The fourth-order valence-corrected chi connectivity index (χ4v) is 3.24. The largest absolute Gasteiger partial charge is 0.368 e. The standard InChI is InChI=1S/C16H19N3OS/c1-18-16(15(17)20,13-5-3-2-4-6-13)9-12-21-14-7-10-19-11-8-14/h2-8,10-11,18H,9,12H2,1H3,(H2,17,20). The van der Waals surface area contributed by atoms with Gasteiger partial charge < -0.3 is 11.1 Å². The zero-order valence-corrected chi connectivity index (χ0v) is 12.8. The first kappa shape index (κ1) is 15.5. The molecular weight excluding hydrogens is 282 g/mol. The smallest absolute Gasteiger partial charge is 0.242 e. The van der Waals surface area contributed by atoms with E-state index in [1.165, 1.54) is 0 Å². The number of amides is 1. The number of carbonyl (C=O) groups excluding carboxylic acids is 1. The molecule has 110 valence electrons. The lowest BCUT2D eigenvalue weighted by Crippen LogP contribution is -2.51. The predicted molar refractivity (Wildman–Crippen MR) is 86.0 cm³/mol. The SMILES string of the molecule is CNC(CCSc1ccncc1)(C(N)=O)c1ccccc1. The number of primary amides is 1. The van der Waals surface area contributed by atoms with E-state index in [2.05, 4.69) is 10.3 Å². The lowest BCUT2D eigenvalue weighted by atomic mass is 9.86. The van der Waals surface area contributed by atoms with Gasteiger partial charge in [-0.25, -0.2) is 0 Å². The molecule has 0 aliphatic heterocycles. The van der Waals surface area contributed by atoms with Gasteiger partial charge in [0, 0.05) is 23.0 Å². The van der Waals surface area contributed by atoms with Crippen molar-refractivity contribution in [2.24, 2.45) is 5.73 Å². The molecule has 1 aromatic heterocycles. The Morgan fingerprint density at radius 2 is 1.90 bits per heavy atom. The molecule has 2 rings (SSSR count). The van der Waals surface area contributed by atoms with E-state index in [-0.39, 0.29) is 5.91 Å². The van der Waals surface area contributed by atoms with Crippen LogP contribution in [-0.2, 0) is 10.3 Å². The third kappa shape index (κ3) is 3.62. The summed E-state index contributed by atoms with van der Waals surface area (Å²) in [6.45, 7) is 0. The number of benzene rings is 1. The predicted octanol–water partition coefficient (Wildman–Crippen LogP) is 2.16. The zero-order chi connectivity index (χ0) is 15.1. The molecule has 1 aromatic carbocycles. The molecule has 0 aliphatic rings. The molecule has 4 nitrogen and oxygen atoms in total. The summed E-state index contributed by atoms with van der Waals surface area (Å²) in [7, 11) is 1.77. The number of hydrogen-bond donors (Lipinski definition) is 2. The second-order valence-electron chi connectivity index (χ2n) is 4.67. The highest BCUT2D eigenvalue weighted by atomic mass is 32.2. The van der Waals surface area contributed by atoms with Gasteiger partial charge in [0.15, 0.2) is 0 Å². The number of nitrogens with two attached hydrogens (primary N) is 1. The Morgan fingerprint density at radius 1 is 1.24 bits per heavy atom. The van der Waals surface area contributed by atoms with Crippen LogP contribution in [0.25, 0.3) is 0 Å². The lowest BCUT2D eigenvalue weighted by molar-refractivity contribution is -0.124. The van der Waals surface area contributed by atoms with Gasteiger partial charge in [0.2, 0.25) is 5.91 Å². The quantitative estimate of drug-likeness (QED) is 0.769. The van der Waals surface area contributed by atoms with Gasteiger partial charge in [-0.15, -0.1) is 11.8 Å². The summed E-state index contributed by atoms with van der Waals surface area (Å²) < 4.78 is 0. The number of thioether (sulfide) groups is 1. The topological polar surface area (TPSA) is 68.0 Å². The number of nitrogens with one attached hydrogen (secondary N) is 1. The normalized spacial score (nSPS) is 13.6. The summed E-state index contributed by atoms with van der Waals surface area (Å²) in [4.78, 5) is 17.2. The maximum Gasteiger partial charge on any atom is 0.242 e. The Hall–Kier alpha value is -1.85. The fourth-order valence-electron chi connectivity index (χ4n) is 2.28. The van der Waals surface area contributed by atoms with E-state index >= 15 is 0 Å². The van der Waals surface area contributed by atoms with Gasteiger partial charge in [-0.1, -0.05) is 30.3 Å². The number of carbonyl (C=O) groups is 1. The summed E-state index contributed by atoms with van der Waals surface area (Å²) in [5.41, 5.74) is 5.74. The van der Waals surface area contributed by atoms with Crippen LogP contribution in [-0.4, -0.2) is 23.7 Å². The Kier molecular flexibility index (Phi) is 5.36. The maximum atomic E-state index is 12.0. The van der Waals surface area contributed by atoms with E-state index in [9.17, 15) is 4.79 Å². The average Bonchev–Trinajstić information content (AvgIpc) is 2.53. The van der Waals surface area contributed by atoms with Crippen molar-refractivity contribution >= 4 is 17.7 Å². The van der Waals surface area contributed by atoms with E-state index in [1.807, 2.05) is 42.5 Å². The van der Waals surface area contributed by atoms with Gasteiger partial charge in [0.1, 0.15) is 5.54 Å². The Bertz CT molecular complexity index is 577. The van der Waals surface area contributed by atoms with Crippen LogP contribution < -0.4 is 11.1 Å². The van der Waals surface area contributed by atoms with Gasteiger partial charge in [-0.05, 0) is 31.2 Å². The first-order valence-corrected chi connectivity index (χ1v) is 7.75. The molecular formula is C16H19N3OS. The molecule has 21 heavy (non-hydrogen) atoms. The number of hydrogen-bond acceptors (Lipinski definition) is 4. The van der Waals surface area contributed by atoms with Crippen LogP contribution in [0.2, 0.25) is 0 Å². The molecule has 1 atom stereocenters. The van der Waals surface area contributed by atoms with Gasteiger partial charge in [0.25, 0.3) is 0 Å². The van der Waals surface area contributed by atoms with E-state index < -0.39 is 5.54 Å². The molecule has 1 heterocycles. The van der Waals surface area contributed by atoms with Crippen LogP contribution >= 0.6 is 11.8 Å². The number of aromatic nitrogens is 1. The number of rotatable bonds is 7. The molecule has 2 aromatic rings. The Labute approximate surface area is 129 Å². The zero-order valence-electron chi connectivity index (χ0n) is 12.0. The van der Waals surface area contributed by atoms with Crippen molar-refractivity contribution in [1.29, 1.82) is 0 Å². The molecule has 1 amide bonds. The minimum Gasteiger partial charge on any atom is -0.368 e. The van der Waals surface area contributed by atoms with Crippen LogP contribution in [0.1, 0.15) is 12.0 Å². The van der Waals surface area contributed by atoms with Crippen molar-refractivity contribution in [2.75, 3.05) is 12.8 Å². The Morgan fingerprint density at radius 3 is 2.48 bits per heavy atom. The molecule has 0 saturated carbocycles. The fraction of sp³-hybridized carbons (Fsp3) is 0.250. The number of nitrogens with zero attached hydrogens (tertiary/aromatic N) is 1. The minimum atomic E-state index is -0.832. The van der Waals surface area contributed by atoms with E-state index in [1.54, 1.807) is 31.2 Å². The molecule has 1 unspecified atom stereocenters. The molecule has 0 fully saturated rings. The summed E-state index contributed by atoms with van der Waals surface area (Å²) in [6.07, 6.45) is 4.15. The molecule has 0 radical (unpaired) electrons.